The number of carbonyl (C=O) groups excluding carboxylic acids is 1. The van der Waals surface area contributed by atoms with Gasteiger partial charge in [0.2, 0.25) is 0 Å². The number of nitrogens with one attached hydrogen (secondary N) is 2. The van der Waals surface area contributed by atoms with E-state index < -0.39 is 15.4 Å². The molecule has 1 fully saturated rings. The Morgan fingerprint density at radius 3 is 2.70 bits per heavy atom. The van der Waals surface area contributed by atoms with Gasteiger partial charge in [-0.05, 0) is 32.8 Å². The molecule has 0 aromatic carbocycles. The van der Waals surface area contributed by atoms with Gasteiger partial charge in [0.25, 0.3) is 11.5 Å². The Morgan fingerprint density at radius 2 is 2.09 bits per heavy atom. The number of sulfone groups is 1. The fourth-order valence-corrected chi connectivity index (χ4v) is 6.12. The van der Waals surface area contributed by atoms with Crippen LogP contribution in [0.4, 0.5) is 0 Å². The summed E-state index contributed by atoms with van der Waals surface area (Å²) >= 11 is 1.15. The molecule has 1 aliphatic rings. The first kappa shape index (κ1) is 16.1. The normalized spacial score (nSPS) is 23.3. The van der Waals surface area contributed by atoms with Gasteiger partial charge in [-0.25, -0.2) is 13.4 Å². The van der Waals surface area contributed by atoms with Gasteiger partial charge in [0.05, 0.1) is 27.3 Å². The lowest BCUT2D eigenvalue weighted by Gasteiger charge is -2.23. The third-order valence-corrected chi connectivity index (χ3v) is 7.13. The van der Waals surface area contributed by atoms with Crippen LogP contribution in [0.3, 0.4) is 0 Å². The van der Waals surface area contributed by atoms with Crippen molar-refractivity contribution in [3.63, 3.8) is 0 Å². The van der Waals surface area contributed by atoms with Gasteiger partial charge < -0.3 is 10.3 Å². The van der Waals surface area contributed by atoms with E-state index in [2.05, 4.69) is 15.3 Å². The van der Waals surface area contributed by atoms with E-state index in [9.17, 15) is 18.0 Å². The van der Waals surface area contributed by atoms with Crippen LogP contribution in [0.5, 0.6) is 0 Å². The van der Waals surface area contributed by atoms with Crippen LogP contribution in [0.2, 0.25) is 0 Å². The molecule has 124 valence electrons. The summed E-state index contributed by atoms with van der Waals surface area (Å²) < 4.78 is 23.3. The average Bonchev–Trinajstić information content (AvgIpc) is 2.86. The van der Waals surface area contributed by atoms with Gasteiger partial charge in [0.1, 0.15) is 10.7 Å². The quantitative estimate of drug-likeness (QED) is 0.832. The number of hydrogen-bond donors (Lipinski definition) is 2. The maximum absolute atomic E-state index is 12.6. The van der Waals surface area contributed by atoms with E-state index in [1.807, 2.05) is 0 Å². The van der Waals surface area contributed by atoms with Gasteiger partial charge in [-0.1, -0.05) is 0 Å². The first-order chi connectivity index (χ1) is 10.6. The zero-order chi connectivity index (χ0) is 17.0. The molecule has 7 nitrogen and oxygen atoms in total. The summed E-state index contributed by atoms with van der Waals surface area (Å²) in [5, 5.41) is 3.23. The van der Waals surface area contributed by atoms with Crippen LogP contribution < -0.4 is 10.9 Å². The molecule has 1 atom stereocenters. The second kappa shape index (κ2) is 5.13. The molecule has 2 aromatic heterocycles. The van der Waals surface area contributed by atoms with Crippen molar-refractivity contribution in [1.82, 2.24) is 15.3 Å². The fraction of sp³-hybridized carbons (Fsp3) is 0.500. The molecular weight excluding hydrogens is 338 g/mol. The number of aromatic nitrogens is 2. The van der Waals surface area contributed by atoms with E-state index in [-0.39, 0.29) is 23.0 Å². The Labute approximate surface area is 137 Å². The molecule has 0 saturated carbocycles. The summed E-state index contributed by atoms with van der Waals surface area (Å²) in [6, 6.07) is 0. The predicted molar refractivity (Wildman–Crippen MR) is 88.9 cm³/mol. The molecule has 0 aliphatic carbocycles. The predicted octanol–water partition coefficient (Wildman–Crippen LogP) is 0.908. The number of rotatable bonds is 2. The van der Waals surface area contributed by atoms with Crippen molar-refractivity contribution in [3.8, 4) is 0 Å². The number of carbonyl (C=O) groups is 1. The second-order valence-corrected chi connectivity index (χ2v) is 9.43. The highest BCUT2D eigenvalue weighted by molar-refractivity contribution is 7.91. The van der Waals surface area contributed by atoms with Crippen molar-refractivity contribution in [3.05, 3.63) is 26.6 Å². The summed E-state index contributed by atoms with van der Waals surface area (Å²) in [5.41, 5.74) is -0.468. The lowest BCUT2D eigenvalue weighted by atomic mass is 10.0. The third-order valence-electron chi connectivity index (χ3n) is 4.04. The van der Waals surface area contributed by atoms with Crippen molar-refractivity contribution in [2.24, 2.45) is 0 Å². The SMILES string of the molecule is Cc1nc2sc(C(=O)N[C@@]3(C)CCS(=O)(=O)C3)c(C)c2c(=O)[nH]1. The van der Waals surface area contributed by atoms with Crippen molar-refractivity contribution in [2.45, 2.75) is 32.7 Å². The van der Waals surface area contributed by atoms with Gasteiger partial charge in [0.15, 0.2) is 9.84 Å². The molecule has 23 heavy (non-hydrogen) atoms. The zero-order valence-electron chi connectivity index (χ0n) is 13.0. The highest BCUT2D eigenvalue weighted by atomic mass is 32.2. The molecule has 2 aromatic rings. The molecule has 9 heteroatoms. The fourth-order valence-electron chi connectivity index (χ4n) is 2.91. The molecule has 3 heterocycles. The van der Waals surface area contributed by atoms with Crippen molar-refractivity contribution < 1.29 is 13.2 Å². The molecular formula is C14H17N3O4S2. The van der Waals surface area contributed by atoms with Gasteiger partial charge >= 0.3 is 0 Å². The van der Waals surface area contributed by atoms with Crippen LogP contribution in [0, 0.1) is 13.8 Å². The van der Waals surface area contributed by atoms with Gasteiger partial charge in [-0.15, -0.1) is 11.3 Å². The molecule has 1 saturated heterocycles. The van der Waals surface area contributed by atoms with Gasteiger partial charge in [-0.2, -0.15) is 0 Å². The number of thiophene rings is 1. The molecule has 0 spiro atoms. The molecule has 1 aliphatic heterocycles. The van der Waals surface area contributed by atoms with Crippen LogP contribution in [-0.2, 0) is 9.84 Å². The minimum Gasteiger partial charge on any atom is -0.345 e. The topological polar surface area (TPSA) is 109 Å². The van der Waals surface area contributed by atoms with Gasteiger partial charge in [-0.3, -0.25) is 9.59 Å². The van der Waals surface area contributed by atoms with E-state index in [4.69, 9.17) is 0 Å². The minimum absolute atomic E-state index is 0.0619. The second-order valence-electron chi connectivity index (χ2n) is 6.24. The number of fused-ring (bicyclic) bond motifs is 1. The summed E-state index contributed by atoms with van der Waals surface area (Å²) in [5.74, 6) is 0.148. The molecule has 1 amide bonds. The zero-order valence-corrected chi connectivity index (χ0v) is 14.7. The Kier molecular flexibility index (Phi) is 3.60. The summed E-state index contributed by atoms with van der Waals surface area (Å²) in [4.78, 5) is 32.4. The Bertz CT molecular complexity index is 974. The minimum atomic E-state index is -3.11. The monoisotopic (exact) mass is 355 g/mol. The summed E-state index contributed by atoms with van der Waals surface area (Å²) in [6.45, 7) is 5.11. The molecule has 3 rings (SSSR count). The Balaban J connectivity index is 1.98. The summed E-state index contributed by atoms with van der Waals surface area (Å²) in [7, 11) is -3.11. The van der Waals surface area contributed by atoms with Crippen LogP contribution in [-0.4, -0.2) is 41.3 Å². The molecule has 0 radical (unpaired) electrons. The summed E-state index contributed by atoms with van der Waals surface area (Å²) in [6.07, 6.45) is 0.392. The van der Waals surface area contributed by atoms with E-state index in [1.54, 1.807) is 20.8 Å². The number of amides is 1. The maximum atomic E-state index is 12.6. The lowest BCUT2D eigenvalue weighted by Crippen LogP contribution is -2.46. The van der Waals surface area contributed by atoms with Crippen LogP contribution in [0.15, 0.2) is 4.79 Å². The number of H-pyrrole nitrogens is 1. The maximum Gasteiger partial charge on any atom is 0.262 e. The lowest BCUT2D eigenvalue weighted by molar-refractivity contribution is 0.0919. The van der Waals surface area contributed by atoms with Gasteiger partial charge in [0, 0.05) is 0 Å². The van der Waals surface area contributed by atoms with Crippen LogP contribution >= 0.6 is 11.3 Å². The number of nitrogens with zero attached hydrogens (tertiary/aromatic N) is 1. The van der Waals surface area contributed by atoms with Crippen molar-refractivity contribution >= 4 is 37.3 Å². The van der Waals surface area contributed by atoms with Crippen molar-refractivity contribution in [1.29, 1.82) is 0 Å². The first-order valence-electron chi connectivity index (χ1n) is 7.13. The van der Waals surface area contributed by atoms with E-state index in [1.165, 1.54) is 0 Å². The van der Waals surface area contributed by atoms with Crippen molar-refractivity contribution in [2.75, 3.05) is 11.5 Å². The smallest absolute Gasteiger partial charge is 0.262 e. The highest BCUT2D eigenvalue weighted by Gasteiger charge is 2.40. The molecule has 0 unspecified atom stereocenters. The largest absolute Gasteiger partial charge is 0.345 e. The number of aryl methyl sites for hydroxylation is 2. The third kappa shape index (κ3) is 2.90. The van der Waals surface area contributed by atoms with E-state index in [0.29, 0.717) is 32.9 Å². The molecule has 2 N–H and O–H groups in total. The van der Waals surface area contributed by atoms with Crippen LogP contribution in [0.25, 0.3) is 10.2 Å². The molecule has 0 bridgehead atoms. The number of hydrogen-bond acceptors (Lipinski definition) is 6. The van der Waals surface area contributed by atoms with E-state index >= 15 is 0 Å². The Morgan fingerprint density at radius 1 is 1.39 bits per heavy atom. The highest BCUT2D eigenvalue weighted by Crippen LogP contribution is 2.29. The number of aromatic amines is 1. The van der Waals surface area contributed by atoms with E-state index in [0.717, 1.165) is 11.3 Å². The standard InChI is InChI=1S/C14H17N3O4S2/c1-7-9-11(18)15-8(2)16-13(9)22-10(7)12(19)17-14(3)4-5-23(20,21)6-14/h4-6H2,1-3H3,(H,17,19)(H,15,16,18)/t14-/m0/s1. The van der Waals surface area contributed by atoms with Crippen LogP contribution in [0.1, 0.15) is 34.4 Å². The Hall–Kier alpha value is -1.74. The average molecular weight is 355 g/mol. The first-order valence-corrected chi connectivity index (χ1v) is 9.77.